The SMILES string of the molecule is COc1ccc([C@H]2c3sc(=O)[nH]c3S[C@@H]3[C@@H]4C[C@H]([C@H]5C(=O)N(c6ccc(F)cc6)C(=O)[C@H]45)[C@H]23)cc1. The second-order valence-corrected chi connectivity index (χ2v) is 11.9. The molecule has 3 heterocycles. The van der Waals surface area contributed by atoms with Crippen molar-refractivity contribution in [2.45, 2.75) is 22.6 Å². The van der Waals surface area contributed by atoms with E-state index in [0.717, 1.165) is 27.6 Å². The zero-order valence-corrected chi connectivity index (χ0v) is 20.3. The summed E-state index contributed by atoms with van der Waals surface area (Å²) in [6.45, 7) is 0. The number of carbonyl (C=O) groups excluding carboxylic acids is 2. The van der Waals surface area contributed by atoms with Gasteiger partial charge in [0.05, 0.1) is 29.7 Å². The van der Waals surface area contributed by atoms with Crippen LogP contribution < -0.4 is 14.5 Å². The average molecular weight is 509 g/mol. The summed E-state index contributed by atoms with van der Waals surface area (Å²) < 4.78 is 18.8. The summed E-state index contributed by atoms with van der Waals surface area (Å²) >= 11 is 2.91. The van der Waals surface area contributed by atoms with E-state index in [4.69, 9.17) is 4.74 Å². The molecule has 2 amide bonds. The van der Waals surface area contributed by atoms with Gasteiger partial charge in [-0.05, 0) is 66.1 Å². The molecule has 2 saturated carbocycles. The van der Waals surface area contributed by atoms with Crippen LogP contribution in [0.5, 0.6) is 5.75 Å². The van der Waals surface area contributed by atoms with Crippen molar-refractivity contribution in [2.75, 3.05) is 12.0 Å². The molecule has 9 heteroatoms. The lowest BCUT2D eigenvalue weighted by Gasteiger charge is -2.43. The number of nitrogens with one attached hydrogen (secondary N) is 1. The van der Waals surface area contributed by atoms with Gasteiger partial charge in [-0.25, -0.2) is 4.39 Å². The zero-order valence-electron chi connectivity index (χ0n) is 18.6. The van der Waals surface area contributed by atoms with Crippen LogP contribution in [-0.4, -0.2) is 29.2 Å². The zero-order chi connectivity index (χ0) is 24.0. The minimum Gasteiger partial charge on any atom is -0.497 e. The molecule has 2 aliphatic heterocycles. The third kappa shape index (κ3) is 2.91. The van der Waals surface area contributed by atoms with Gasteiger partial charge < -0.3 is 9.72 Å². The van der Waals surface area contributed by atoms with E-state index in [1.807, 2.05) is 24.3 Å². The predicted octanol–water partition coefficient (Wildman–Crippen LogP) is 4.26. The molecule has 2 aromatic carbocycles. The maximum Gasteiger partial charge on any atom is 0.305 e. The van der Waals surface area contributed by atoms with Gasteiger partial charge in [0.1, 0.15) is 11.6 Å². The minimum absolute atomic E-state index is 0.0233. The van der Waals surface area contributed by atoms with Gasteiger partial charge >= 0.3 is 4.87 Å². The summed E-state index contributed by atoms with van der Waals surface area (Å²) in [5, 5.41) is 1.02. The number of hydrogen-bond donors (Lipinski definition) is 1. The minimum atomic E-state index is -0.405. The Morgan fingerprint density at radius 2 is 1.66 bits per heavy atom. The Morgan fingerprint density at radius 1 is 0.971 bits per heavy atom. The van der Waals surface area contributed by atoms with Crippen LogP contribution in [0.25, 0.3) is 0 Å². The molecule has 0 radical (unpaired) electrons. The first-order valence-corrected chi connectivity index (χ1v) is 13.3. The highest BCUT2D eigenvalue weighted by atomic mass is 32.2. The maximum absolute atomic E-state index is 13.7. The molecule has 0 spiro atoms. The molecule has 178 valence electrons. The second kappa shape index (κ2) is 7.54. The van der Waals surface area contributed by atoms with Crippen LogP contribution in [-0.2, 0) is 9.59 Å². The predicted molar refractivity (Wildman–Crippen MR) is 130 cm³/mol. The number of anilines is 1. The van der Waals surface area contributed by atoms with Crippen LogP contribution >= 0.6 is 23.1 Å². The Hall–Kier alpha value is -2.91. The third-order valence-corrected chi connectivity index (χ3v) is 10.9. The number of thioether (sulfide) groups is 1. The number of hydrogen-bond acceptors (Lipinski definition) is 6. The summed E-state index contributed by atoms with van der Waals surface area (Å²) in [5.41, 5.74) is 1.52. The van der Waals surface area contributed by atoms with E-state index < -0.39 is 5.82 Å². The number of imide groups is 1. The molecule has 35 heavy (non-hydrogen) atoms. The number of amides is 2. The van der Waals surface area contributed by atoms with E-state index in [-0.39, 0.29) is 57.4 Å². The van der Waals surface area contributed by atoms with Crippen molar-refractivity contribution in [1.82, 2.24) is 4.98 Å². The molecule has 6 nitrogen and oxygen atoms in total. The van der Waals surface area contributed by atoms with Gasteiger partial charge in [0, 0.05) is 16.0 Å². The number of aromatic amines is 1. The molecule has 7 rings (SSSR count). The van der Waals surface area contributed by atoms with Gasteiger partial charge in [-0.15, -0.1) is 11.8 Å². The number of fused-ring (bicyclic) bond motifs is 9. The lowest BCUT2D eigenvalue weighted by molar-refractivity contribution is -0.123. The fourth-order valence-electron chi connectivity index (χ4n) is 7.05. The largest absolute Gasteiger partial charge is 0.497 e. The summed E-state index contributed by atoms with van der Waals surface area (Å²) in [4.78, 5) is 44.8. The smallest absolute Gasteiger partial charge is 0.305 e. The Kier molecular flexibility index (Phi) is 4.61. The van der Waals surface area contributed by atoms with Gasteiger partial charge in [0.15, 0.2) is 0 Å². The molecule has 3 fully saturated rings. The first kappa shape index (κ1) is 21.4. The third-order valence-electron chi connectivity index (χ3n) is 8.28. The number of carbonyl (C=O) groups is 2. The number of benzene rings is 2. The molecule has 2 aliphatic carbocycles. The lowest BCUT2D eigenvalue weighted by atomic mass is 9.68. The van der Waals surface area contributed by atoms with Crippen LogP contribution in [0, 0.1) is 35.4 Å². The Labute approximate surface area is 208 Å². The number of ether oxygens (including phenoxy) is 1. The summed E-state index contributed by atoms with van der Waals surface area (Å²) in [5.74, 6) is -0.523. The van der Waals surface area contributed by atoms with E-state index in [1.54, 1.807) is 18.9 Å². The molecular formula is C26H21FN2O4S2. The highest BCUT2D eigenvalue weighted by Gasteiger charge is 2.69. The standard InChI is InChI=1S/C26H21FN2O4S2/c1-33-14-8-2-11(3-9-14)17-18-15-10-16(21(18)34-23-22(17)35-26(32)28-23)20-19(15)24(30)29(25(20)31)13-6-4-12(27)5-7-13/h2-9,15-21H,10H2,1H3,(H,28,32)/t15-,16+,17+,18+,19+,20+,21+/m0/s1. The number of aromatic nitrogens is 1. The van der Waals surface area contributed by atoms with Crippen molar-refractivity contribution < 1.29 is 18.7 Å². The van der Waals surface area contributed by atoms with Gasteiger partial charge in [-0.1, -0.05) is 23.5 Å². The van der Waals surface area contributed by atoms with Gasteiger partial charge in [-0.2, -0.15) is 0 Å². The summed E-state index contributed by atoms with van der Waals surface area (Å²) in [7, 11) is 1.63. The fraction of sp³-hybridized carbons (Fsp3) is 0.346. The van der Waals surface area contributed by atoms with E-state index in [0.29, 0.717) is 5.69 Å². The van der Waals surface area contributed by atoms with E-state index in [9.17, 15) is 18.8 Å². The number of halogens is 1. The number of H-pyrrole nitrogens is 1. The van der Waals surface area contributed by atoms with E-state index in [1.165, 1.54) is 40.5 Å². The van der Waals surface area contributed by atoms with Gasteiger partial charge in [0.25, 0.3) is 0 Å². The molecule has 4 aliphatic rings. The van der Waals surface area contributed by atoms with Crippen molar-refractivity contribution in [3.05, 3.63) is 74.5 Å². The highest BCUT2D eigenvalue weighted by Crippen LogP contribution is 2.68. The monoisotopic (exact) mass is 508 g/mol. The van der Waals surface area contributed by atoms with Crippen molar-refractivity contribution in [3.63, 3.8) is 0 Å². The van der Waals surface area contributed by atoms with E-state index in [2.05, 4.69) is 4.98 Å². The van der Waals surface area contributed by atoms with Crippen LogP contribution in [0.15, 0.2) is 58.4 Å². The maximum atomic E-state index is 13.7. The van der Waals surface area contributed by atoms with Crippen molar-refractivity contribution in [2.24, 2.45) is 29.6 Å². The molecule has 1 aromatic heterocycles. The fourth-order valence-corrected chi connectivity index (χ4v) is 9.93. The number of methoxy groups -OCH3 is 1. The van der Waals surface area contributed by atoms with Gasteiger partial charge in [-0.3, -0.25) is 19.3 Å². The average Bonchev–Trinajstić information content (AvgIpc) is 3.59. The Bertz CT molecular complexity index is 1420. The Balaban J connectivity index is 1.31. The normalized spacial score (nSPS) is 32.5. The molecule has 0 unspecified atom stereocenters. The first-order valence-electron chi connectivity index (χ1n) is 11.6. The molecule has 7 atom stereocenters. The van der Waals surface area contributed by atoms with Crippen LogP contribution in [0.4, 0.5) is 10.1 Å². The molecule has 2 bridgehead atoms. The van der Waals surface area contributed by atoms with Crippen molar-refractivity contribution >= 4 is 40.6 Å². The topological polar surface area (TPSA) is 79.5 Å². The summed E-state index contributed by atoms with van der Waals surface area (Å²) in [6, 6.07) is 13.5. The first-order chi connectivity index (χ1) is 17.0. The summed E-state index contributed by atoms with van der Waals surface area (Å²) in [6.07, 6.45) is 0.832. The van der Waals surface area contributed by atoms with Crippen LogP contribution in [0.1, 0.15) is 22.8 Å². The van der Waals surface area contributed by atoms with E-state index >= 15 is 0 Å². The van der Waals surface area contributed by atoms with Crippen molar-refractivity contribution in [1.29, 1.82) is 0 Å². The van der Waals surface area contributed by atoms with Crippen molar-refractivity contribution in [3.8, 4) is 5.75 Å². The second-order valence-electron chi connectivity index (χ2n) is 9.72. The number of rotatable bonds is 3. The number of nitrogens with zero attached hydrogens (tertiary/aromatic N) is 1. The molecule has 3 aromatic rings. The highest BCUT2D eigenvalue weighted by molar-refractivity contribution is 8.00. The molecule has 1 saturated heterocycles. The van der Waals surface area contributed by atoms with Gasteiger partial charge in [0.2, 0.25) is 11.8 Å². The molecule has 1 N–H and O–H groups in total. The quantitative estimate of drug-likeness (QED) is 0.535. The lowest BCUT2D eigenvalue weighted by Crippen LogP contribution is -2.42. The Morgan fingerprint density at radius 3 is 2.34 bits per heavy atom. The van der Waals surface area contributed by atoms with Crippen LogP contribution in [0.3, 0.4) is 0 Å². The number of thiazole rings is 1. The van der Waals surface area contributed by atoms with Crippen LogP contribution in [0.2, 0.25) is 0 Å². The molecular weight excluding hydrogens is 487 g/mol.